The van der Waals surface area contributed by atoms with Crippen LogP contribution in [-0.4, -0.2) is 13.4 Å². The lowest BCUT2D eigenvalue weighted by molar-refractivity contribution is 1.19. The molecule has 0 aliphatic heterocycles. The first-order valence-electron chi connectivity index (χ1n) is 15.6. The largest absolute Gasteiger partial charge is 0.309 e. The quantitative estimate of drug-likeness (QED) is 0.187. The average molecular weight is 570 g/mol. The van der Waals surface area contributed by atoms with E-state index in [1.165, 1.54) is 104 Å². The van der Waals surface area contributed by atoms with Crippen LogP contribution in [0.4, 0.5) is 0 Å². The Kier molecular flexibility index (Phi) is 3.76. The summed E-state index contributed by atoms with van der Waals surface area (Å²) in [6, 6.07) is 51.6. The molecule has 3 nitrogen and oxygen atoms in total. The van der Waals surface area contributed by atoms with E-state index < -0.39 is 0 Å². The number of para-hydroxylation sites is 5. The van der Waals surface area contributed by atoms with Crippen LogP contribution in [0.15, 0.2) is 140 Å². The van der Waals surface area contributed by atoms with E-state index >= 15 is 0 Å². The Balaban J connectivity index is 1.48. The minimum absolute atomic E-state index is 1.18. The lowest BCUT2D eigenvalue weighted by atomic mass is 9.99. The van der Waals surface area contributed by atoms with E-state index in [2.05, 4.69) is 153 Å². The van der Waals surface area contributed by atoms with Crippen LogP contribution < -0.4 is 0 Å². The predicted octanol–water partition coefficient (Wildman–Crippen LogP) is 11.1. The summed E-state index contributed by atoms with van der Waals surface area (Å²) in [6.45, 7) is 0. The summed E-state index contributed by atoms with van der Waals surface area (Å²) in [6.07, 6.45) is 0. The van der Waals surface area contributed by atoms with Crippen molar-refractivity contribution >= 4 is 98.0 Å². The Hall–Kier alpha value is -6.06. The van der Waals surface area contributed by atoms with E-state index in [0.29, 0.717) is 0 Å². The summed E-state index contributed by atoms with van der Waals surface area (Å²) in [4.78, 5) is 0. The van der Waals surface area contributed by atoms with Gasteiger partial charge in [0.15, 0.2) is 0 Å². The Labute approximate surface area is 256 Å². The molecule has 0 N–H and O–H groups in total. The van der Waals surface area contributed by atoms with Gasteiger partial charge in [0, 0.05) is 59.5 Å². The number of aromatic nitrogens is 3. The fraction of sp³-hybridized carbons (Fsp3) is 0. The maximum absolute atomic E-state index is 2.54. The molecule has 0 bridgehead atoms. The van der Waals surface area contributed by atoms with Crippen LogP contribution in [0, 0.1) is 0 Å². The zero-order chi connectivity index (χ0) is 29.0. The molecule has 12 aromatic rings. The van der Waals surface area contributed by atoms with E-state index in [0.717, 1.165) is 0 Å². The molecule has 45 heavy (non-hydrogen) atoms. The molecule has 0 aliphatic carbocycles. The smallest absolute Gasteiger partial charge is 0.0641 e. The summed E-state index contributed by atoms with van der Waals surface area (Å²) in [7, 11) is 0. The maximum atomic E-state index is 2.54. The molecule has 0 unspecified atom stereocenters. The lowest BCUT2D eigenvalue weighted by Gasteiger charge is -2.09. The molecule has 0 aliphatic rings. The first-order chi connectivity index (χ1) is 22.4. The standard InChI is InChI=1S/C42H23N3/c1-2-11-24(12-3-1)43-32-18-7-4-14-26(32)29-21-22-35-38(41(29)43)39-37-30-17-10-16-28-25-13-5-8-19-33(25)45(40(28)30)36(37)23-31-27-15-6-9-20-34(27)44(35)42(31)39/h1-23H. The monoisotopic (exact) mass is 569 g/mol. The summed E-state index contributed by atoms with van der Waals surface area (Å²) in [5, 5.41) is 13.1. The van der Waals surface area contributed by atoms with Crippen molar-refractivity contribution in [3.8, 4) is 5.69 Å². The third kappa shape index (κ3) is 2.43. The molecule has 12 rings (SSSR count). The third-order valence-electron chi connectivity index (χ3n) is 10.5. The molecule has 206 valence electrons. The highest BCUT2D eigenvalue weighted by atomic mass is 15.0. The molecule has 5 heterocycles. The fourth-order valence-electron chi connectivity index (χ4n) is 8.85. The number of fused-ring (bicyclic) bond motifs is 17. The molecule has 0 atom stereocenters. The van der Waals surface area contributed by atoms with Gasteiger partial charge in [-0.2, -0.15) is 0 Å². The molecule has 0 saturated carbocycles. The minimum atomic E-state index is 1.18. The third-order valence-corrected chi connectivity index (χ3v) is 10.5. The van der Waals surface area contributed by atoms with Crippen LogP contribution in [0.2, 0.25) is 0 Å². The Morgan fingerprint density at radius 2 is 0.867 bits per heavy atom. The molecule has 0 amide bonds. The van der Waals surface area contributed by atoms with Gasteiger partial charge in [-0.1, -0.05) is 97.1 Å². The van der Waals surface area contributed by atoms with E-state index in [9.17, 15) is 0 Å². The lowest BCUT2D eigenvalue weighted by Crippen LogP contribution is -1.93. The van der Waals surface area contributed by atoms with Gasteiger partial charge in [-0.15, -0.1) is 0 Å². The molecule has 5 aromatic heterocycles. The zero-order valence-corrected chi connectivity index (χ0v) is 24.1. The van der Waals surface area contributed by atoms with Crippen LogP contribution in [0.1, 0.15) is 0 Å². The van der Waals surface area contributed by atoms with Crippen molar-refractivity contribution in [3.05, 3.63) is 140 Å². The highest BCUT2D eigenvalue weighted by molar-refractivity contribution is 6.41. The van der Waals surface area contributed by atoms with Gasteiger partial charge in [-0.25, -0.2) is 0 Å². The van der Waals surface area contributed by atoms with Gasteiger partial charge in [-0.3, -0.25) is 0 Å². The molecule has 7 aromatic carbocycles. The maximum Gasteiger partial charge on any atom is 0.0641 e. The van der Waals surface area contributed by atoms with Gasteiger partial charge >= 0.3 is 0 Å². The number of hydrogen-bond acceptors (Lipinski definition) is 0. The molecule has 0 fully saturated rings. The fourth-order valence-corrected chi connectivity index (χ4v) is 8.85. The van der Waals surface area contributed by atoms with E-state index in [1.54, 1.807) is 0 Å². The second-order valence-corrected chi connectivity index (χ2v) is 12.5. The molecular formula is C42H23N3. The second kappa shape index (κ2) is 7.53. The van der Waals surface area contributed by atoms with Crippen LogP contribution in [0.25, 0.3) is 104 Å². The van der Waals surface area contributed by atoms with Crippen molar-refractivity contribution in [2.45, 2.75) is 0 Å². The van der Waals surface area contributed by atoms with Gasteiger partial charge in [0.1, 0.15) is 0 Å². The summed E-state index contributed by atoms with van der Waals surface area (Å²) in [5.74, 6) is 0. The van der Waals surface area contributed by atoms with Gasteiger partial charge in [-0.05, 0) is 42.5 Å². The predicted molar refractivity (Wildman–Crippen MR) is 190 cm³/mol. The summed E-state index contributed by atoms with van der Waals surface area (Å²) in [5.41, 5.74) is 11.4. The van der Waals surface area contributed by atoms with Crippen LogP contribution in [-0.2, 0) is 0 Å². The Morgan fingerprint density at radius 1 is 0.289 bits per heavy atom. The van der Waals surface area contributed by atoms with Crippen molar-refractivity contribution in [3.63, 3.8) is 0 Å². The Morgan fingerprint density at radius 3 is 1.64 bits per heavy atom. The van der Waals surface area contributed by atoms with E-state index in [4.69, 9.17) is 0 Å². The van der Waals surface area contributed by atoms with Crippen molar-refractivity contribution in [1.29, 1.82) is 0 Å². The van der Waals surface area contributed by atoms with Gasteiger partial charge in [0.05, 0.1) is 44.1 Å². The van der Waals surface area contributed by atoms with Crippen molar-refractivity contribution in [1.82, 2.24) is 13.4 Å². The van der Waals surface area contributed by atoms with Crippen molar-refractivity contribution in [2.24, 2.45) is 0 Å². The molecule has 0 spiro atoms. The second-order valence-electron chi connectivity index (χ2n) is 12.5. The normalized spacial score (nSPS) is 12.9. The van der Waals surface area contributed by atoms with Gasteiger partial charge < -0.3 is 13.4 Å². The molecule has 0 radical (unpaired) electrons. The molecule has 0 saturated heterocycles. The van der Waals surface area contributed by atoms with Gasteiger partial charge in [0.25, 0.3) is 0 Å². The minimum Gasteiger partial charge on any atom is -0.309 e. The number of nitrogens with zero attached hydrogens (tertiary/aromatic N) is 3. The Bertz CT molecular complexity index is 3190. The van der Waals surface area contributed by atoms with E-state index in [1.807, 2.05) is 0 Å². The summed E-state index contributed by atoms with van der Waals surface area (Å²) < 4.78 is 7.56. The summed E-state index contributed by atoms with van der Waals surface area (Å²) >= 11 is 0. The van der Waals surface area contributed by atoms with Gasteiger partial charge in [0.2, 0.25) is 0 Å². The first-order valence-corrected chi connectivity index (χ1v) is 15.6. The van der Waals surface area contributed by atoms with Crippen molar-refractivity contribution in [2.75, 3.05) is 0 Å². The van der Waals surface area contributed by atoms with Crippen LogP contribution in [0.5, 0.6) is 0 Å². The van der Waals surface area contributed by atoms with E-state index in [-0.39, 0.29) is 0 Å². The van der Waals surface area contributed by atoms with Crippen molar-refractivity contribution < 1.29 is 0 Å². The first kappa shape index (κ1) is 22.5. The number of benzene rings is 7. The highest BCUT2D eigenvalue weighted by Gasteiger charge is 2.27. The topological polar surface area (TPSA) is 13.8 Å². The zero-order valence-electron chi connectivity index (χ0n) is 24.1. The SMILES string of the molecule is c1ccc(-n2c3ccccc3c3ccc4c(c5c6c7cccc8c9ccccc9n(c6cc6c9ccccc9n4c65)c87)c32)cc1. The van der Waals surface area contributed by atoms with Crippen LogP contribution >= 0.6 is 0 Å². The number of rotatable bonds is 1. The molecule has 3 heteroatoms. The molecular weight excluding hydrogens is 546 g/mol. The average Bonchev–Trinajstić information content (AvgIpc) is 3.88. The number of hydrogen-bond donors (Lipinski definition) is 0. The highest BCUT2D eigenvalue weighted by Crippen LogP contribution is 2.50. The van der Waals surface area contributed by atoms with Crippen LogP contribution in [0.3, 0.4) is 0 Å².